The van der Waals surface area contributed by atoms with Crippen LogP contribution in [0, 0.1) is 17.5 Å². The van der Waals surface area contributed by atoms with E-state index in [-0.39, 0.29) is 0 Å². The third-order valence-electron chi connectivity index (χ3n) is 3.16. The predicted octanol–water partition coefficient (Wildman–Crippen LogP) is 3.06. The molecule has 9 heteroatoms. The van der Waals surface area contributed by atoms with Crippen molar-refractivity contribution in [2.75, 3.05) is 11.9 Å². The molecule has 2 amide bonds. The molecule has 128 valence electrons. The minimum absolute atomic E-state index is 0.344. The van der Waals surface area contributed by atoms with Crippen LogP contribution in [0.3, 0.4) is 0 Å². The Labute approximate surface area is 144 Å². The molecule has 0 aliphatic rings. The first-order valence-corrected chi connectivity index (χ1v) is 7.70. The number of amides is 2. The van der Waals surface area contributed by atoms with Crippen LogP contribution < -0.4 is 10.6 Å². The highest BCUT2D eigenvalue weighted by molar-refractivity contribution is 9.10. The molecule has 0 radical (unpaired) electrons. The molecule has 1 aromatic carbocycles. The van der Waals surface area contributed by atoms with E-state index in [0.717, 1.165) is 6.07 Å². The lowest BCUT2D eigenvalue weighted by Gasteiger charge is -2.09. The van der Waals surface area contributed by atoms with Gasteiger partial charge in [-0.1, -0.05) is 0 Å². The van der Waals surface area contributed by atoms with Crippen LogP contribution in [-0.2, 0) is 11.3 Å². The third kappa shape index (κ3) is 3.97. The molecule has 0 spiro atoms. The Hall–Kier alpha value is -2.29. The van der Waals surface area contributed by atoms with Crippen LogP contribution in [0.15, 0.2) is 28.9 Å². The highest BCUT2D eigenvalue weighted by Gasteiger charge is 2.17. The Morgan fingerprint density at radius 3 is 2.58 bits per heavy atom. The SMILES string of the molecule is CCn1cc(Br)cc1C(=O)NCC(=O)Nc1ccc(F)c(F)c1F. The Bertz CT molecular complexity index is 793. The Morgan fingerprint density at radius 1 is 1.21 bits per heavy atom. The van der Waals surface area contributed by atoms with Gasteiger partial charge in [-0.25, -0.2) is 13.2 Å². The zero-order valence-corrected chi connectivity index (χ0v) is 14.1. The molecule has 1 heterocycles. The van der Waals surface area contributed by atoms with E-state index in [9.17, 15) is 22.8 Å². The maximum atomic E-state index is 13.5. The largest absolute Gasteiger partial charge is 0.343 e. The summed E-state index contributed by atoms with van der Waals surface area (Å²) in [6, 6.07) is 3.18. The van der Waals surface area contributed by atoms with Crippen molar-refractivity contribution in [1.29, 1.82) is 0 Å². The Morgan fingerprint density at radius 2 is 1.92 bits per heavy atom. The van der Waals surface area contributed by atoms with Crippen molar-refractivity contribution in [3.63, 3.8) is 0 Å². The molecule has 0 bridgehead atoms. The maximum absolute atomic E-state index is 13.5. The average molecular weight is 404 g/mol. The van der Waals surface area contributed by atoms with Gasteiger partial charge in [0.15, 0.2) is 17.5 Å². The molecule has 0 fully saturated rings. The molecule has 2 aromatic rings. The molecule has 0 atom stereocenters. The van der Waals surface area contributed by atoms with Gasteiger partial charge < -0.3 is 15.2 Å². The molecule has 24 heavy (non-hydrogen) atoms. The molecule has 5 nitrogen and oxygen atoms in total. The van der Waals surface area contributed by atoms with Gasteiger partial charge in [0, 0.05) is 17.2 Å². The van der Waals surface area contributed by atoms with E-state index in [1.165, 1.54) is 0 Å². The lowest BCUT2D eigenvalue weighted by molar-refractivity contribution is -0.115. The van der Waals surface area contributed by atoms with Crippen molar-refractivity contribution in [2.24, 2.45) is 0 Å². The smallest absolute Gasteiger partial charge is 0.268 e. The van der Waals surface area contributed by atoms with Crippen LogP contribution in [0.5, 0.6) is 0 Å². The van der Waals surface area contributed by atoms with Crippen molar-refractivity contribution in [3.05, 3.63) is 52.0 Å². The van der Waals surface area contributed by atoms with E-state index in [1.807, 2.05) is 6.92 Å². The topological polar surface area (TPSA) is 63.1 Å². The van der Waals surface area contributed by atoms with E-state index in [1.54, 1.807) is 16.8 Å². The summed E-state index contributed by atoms with van der Waals surface area (Å²) in [5.74, 6) is -5.81. The second-order valence-corrected chi connectivity index (χ2v) is 5.70. The molecule has 2 N–H and O–H groups in total. The van der Waals surface area contributed by atoms with Gasteiger partial charge in [0.1, 0.15) is 5.69 Å². The fourth-order valence-corrected chi connectivity index (χ4v) is 2.46. The number of halogens is 4. The molecule has 2 rings (SSSR count). The van der Waals surface area contributed by atoms with Gasteiger partial charge in [-0.05, 0) is 41.1 Å². The summed E-state index contributed by atoms with van der Waals surface area (Å²) in [6.07, 6.45) is 1.71. The van der Waals surface area contributed by atoms with Crippen molar-refractivity contribution >= 4 is 33.4 Å². The summed E-state index contributed by atoms with van der Waals surface area (Å²) >= 11 is 3.25. The number of hydrogen-bond acceptors (Lipinski definition) is 2. The summed E-state index contributed by atoms with van der Waals surface area (Å²) < 4.78 is 41.8. The van der Waals surface area contributed by atoms with Gasteiger partial charge in [-0.15, -0.1) is 0 Å². The molecule has 0 saturated heterocycles. The first-order valence-electron chi connectivity index (χ1n) is 6.90. The monoisotopic (exact) mass is 403 g/mol. The number of anilines is 1. The second kappa shape index (κ2) is 7.52. The summed E-state index contributed by atoms with van der Waals surface area (Å²) in [7, 11) is 0. The van der Waals surface area contributed by atoms with Crippen LogP contribution in [0.1, 0.15) is 17.4 Å². The van der Waals surface area contributed by atoms with Crippen LogP contribution in [-0.4, -0.2) is 22.9 Å². The van der Waals surface area contributed by atoms with E-state index in [0.29, 0.717) is 22.8 Å². The van der Waals surface area contributed by atoms with Crippen molar-refractivity contribution in [2.45, 2.75) is 13.5 Å². The number of carbonyl (C=O) groups excluding carboxylic acids is 2. The van der Waals surface area contributed by atoms with Crippen molar-refractivity contribution in [1.82, 2.24) is 9.88 Å². The molecule has 1 aromatic heterocycles. The Balaban J connectivity index is 1.98. The second-order valence-electron chi connectivity index (χ2n) is 4.78. The van der Waals surface area contributed by atoms with Gasteiger partial charge in [-0.2, -0.15) is 0 Å². The zero-order chi connectivity index (χ0) is 17.9. The third-order valence-corrected chi connectivity index (χ3v) is 3.59. The van der Waals surface area contributed by atoms with E-state index >= 15 is 0 Å². The standard InChI is InChI=1S/C15H13BrF3N3O2/c1-2-22-7-8(16)5-11(22)15(24)20-6-12(23)21-10-4-3-9(17)13(18)14(10)19/h3-5,7H,2,6H2,1H3,(H,20,24)(H,21,23). The molecule has 0 saturated carbocycles. The average Bonchev–Trinajstić information content (AvgIpc) is 2.94. The Kier molecular flexibility index (Phi) is 5.66. The van der Waals surface area contributed by atoms with Gasteiger partial charge in [0.05, 0.1) is 12.2 Å². The van der Waals surface area contributed by atoms with Crippen LogP contribution in [0.25, 0.3) is 0 Å². The zero-order valence-electron chi connectivity index (χ0n) is 12.5. The van der Waals surface area contributed by atoms with E-state index in [4.69, 9.17) is 0 Å². The first kappa shape index (κ1) is 18.1. The number of carbonyl (C=O) groups is 2. The minimum atomic E-state index is -1.68. The van der Waals surface area contributed by atoms with E-state index < -0.39 is 41.5 Å². The summed E-state index contributed by atoms with van der Waals surface area (Å²) in [5.41, 5.74) is -0.163. The van der Waals surface area contributed by atoms with Gasteiger partial charge in [0.25, 0.3) is 5.91 Å². The molecule has 0 aliphatic heterocycles. The molecule has 0 aliphatic carbocycles. The van der Waals surface area contributed by atoms with E-state index in [2.05, 4.69) is 26.6 Å². The number of rotatable bonds is 5. The minimum Gasteiger partial charge on any atom is -0.343 e. The highest BCUT2D eigenvalue weighted by Crippen LogP contribution is 2.19. The number of nitrogens with one attached hydrogen (secondary N) is 2. The number of aromatic nitrogens is 1. The van der Waals surface area contributed by atoms with Crippen molar-refractivity contribution < 1.29 is 22.8 Å². The van der Waals surface area contributed by atoms with Crippen LogP contribution in [0.2, 0.25) is 0 Å². The lowest BCUT2D eigenvalue weighted by atomic mass is 10.2. The van der Waals surface area contributed by atoms with Gasteiger partial charge in [0.2, 0.25) is 5.91 Å². The van der Waals surface area contributed by atoms with Gasteiger partial charge >= 0.3 is 0 Å². The molecular weight excluding hydrogens is 391 g/mol. The fourth-order valence-electron chi connectivity index (χ4n) is 1.99. The normalized spacial score (nSPS) is 10.5. The fraction of sp³-hybridized carbons (Fsp3) is 0.200. The summed E-state index contributed by atoms with van der Waals surface area (Å²) in [6.45, 7) is 1.95. The van der Waals surface area contributed by atoms with Crippen LogP contribution >= 0.6 is 15.9 Å². The first-order chi connectivity index (χ1) is 11.3. The molecular formula is C15H13BrF3N3O2. The maximum Gasteiger partial charge on any atom is 0.268 e. The number of benzene rings is 1. The highest BCUT2D eigenvalue weighted by atomic mass is 79.9. The summed E-state index contributed by atoms with van der Waals surface area (Å²) in [4.78, 5) is 23.8. The lowest BCUT2D eigenvalue weighted by Crippen LogP contribution is -2.34. The number of aryl methyl sites for hydroxylation is 1. The quantitative estimate of drug-likeness (QED) is 0.753. The number of hydrogen-bond donors (Lipinski definition) is 2. The van der Waals surface area contributed by atoms with Crippen molar-refractivity contribution in [3.8, 4) is 0 Å². The van der Waals surface area contributed by atoms with Crippen LogP contribution in [0.4, 0.5) is 18.9 Å². The molecule has 0 unspecified atom stereocenters. The predicted molar refractivity (Wildman–Crippen MR) is 85.1 cm³/mol. The van der Waals surface area contributed by atoms with Gasteiger partial charge in [-0.3, -0.25) is 9.59 Å². The summed E-state index contributed by atoms with van der Waals surface area (Å²) in [5, 5.41) is 4.44. The number of nitrogens with zero attached hydrogens (tertiary/aromatic N) is 1.